The number of amides is 1. The standard InChI is InChI=1S/C13H21NO3/c1-10(2)13(16)17-9-7-12-6-4-5-8-14(12)11(3)15/h12H,1,4-9H2,2-3H3. The SMILES string of the molecule is C=C(C)C(=O)OCCC1CCCCN1C(C)=O. The van der Waals surface area contributed by atoms with E-state index in [4.69, 9.17) is 4.74 Å². The lowest BCUT2D eigenvalue weighted by atomic mass is 10.00. The summed E-state index contributed by atoms with van der Waals surface area (Å²) in [5.74, 6) is -0.240. The van der Waals surface area contributed by atoms with Crippen molar-refractivity contribution in [2.45, 2.75) is 45.6 Å². The summed E-state index contributed by atoms with van der Waals surface area (Å²) in [7, 11) is 0. The van der Waals surface area contributed by atoms with Crippen molar-refractivity contribution < 1.29 is 14.3 Å². The highest BCUT2D eigenvalue weighted by molar-refractivity contribution is 5.86. The molecule has 1 rings (SSSR count). The molecule has 96 valence electrons. The number of piperidine rings is 1. The van der Waals surface area contributed by atoms with Gasteiger partial charge < -0.3 is 9.64 Å². The van der Waals surface area contributed by atoms with E-state index in [1.165, 1.54) is 0 Å². The fourth-order valence-corrected chi connectivity index (χ4v) is 2.13. The van der Waals surface area contributed by atoms with Crippen LogP contribution in [0.15, 0.2) is 12.2 Å². The Balaban J connectivity index is 2.36. The van der Waals surface area contributed by atoms with Crippen molar-refractivity contribution in [3.8, 4) is 0 Å². The largest absolute Gasteiger partial charge is 0.462 e. The number of rotatable bonds is 4. The van der Waals surface area contributed by atoms with Gasteiger partial charge in [-0.25, -0.2) is 4.79 Å². The van der Waals surface area contributed by atoms with E-state index in [0.717, 1.165) is 32.2 Å². The Morgan fingerprint density at radius 2 is 2.06 bits per heavy atom. The van der Waals surface area contributed by atoms with Gasteiger partial charge in [0.05, 0.1) is 6.61 Å². The monoisotopic (exact) mass is 239 g/mol. The first-order valence-electron chi connectivity index (χ1n) is 6.12. The summed E-state index contributed by atoms with van der Waals surface area (Å²) in [4.78, 5) is 24.5. The summed E-state index contributed by atoms with van der Waals surface area (Å²) in [6, 6.07) is 0.221. The van der Waals surface area contributed by atoms with Gasteiger partial charge in [-0.1, -0.05) is 6.58 Å². The second-order valence-corrected chi connectivity index (χ2v) is 4.57. The topological polar surface area (TPSA) is 46.6 Å². The molecule has 1 fully saturated rings. The van der Waals surface area contributed by atoms with Gasteiger partial charge in [-0.3, -0.25) is 4.79 Å². The minimum absolute atomic E-state index is 0.112. The van der Waals surface area contributed by atoms with Crippen LogP contribution < -0.4 is 0 Å². The third-order valence-corrected chi connectivity index (χ3v) is 3.06. The van der Waals surface area contributed by atoms with Crippen LogP contribution in [0, 0.1) is 0 Å². The van der Waals surface area contributed by atoms with Gasteiger partial charge in [0, 0.05) is 31.5 Å². The minimum atomic E-state index is -0.352. The molecule has 1 heterocycles. The molecule has 1 amide bonds. The Labute approximate surface area is 103 Å². The molecule has 0 aromatic heterocycles. The fourth-order valence-electron chi connectivity index (χ4n) is 2.13. The van der Waals surface area contributed by atoms with Gasteiger partial charge in [0.25, 0.3) is 0 Å². The van der Waals surface area contributed by atoms with Crippen LogP contribution in [-0.2, 0) is 14.3 Å². The highest BCUT2D eigenvalue weighted by Gasteiger charge is 2.24. The zero-order valence-corrected chi connectivity index (χ0v) is 10.7. The zero-order valence-electron chi connectivity index (χ0n) is 10.7. The minimum Gasteiger partial charge on any atom is -0.462 e. The summed E-state index contributed by atoms with van der Waals surface area (Å²) >= 11 is 0. The molecular weight excluding hydrogens is 218 g/mol. The molecule has 0 aliphatic carbocycles. The Morgan fingerprint density at radius 3 is 2.65 bits per heavy atom. The first-order valence-corrected chi connectivity index (χ1v) is 6.12. The Kier molecular flexibility index (Phi) is 5.19. The molecule has 4 heteroatoms. The summed E-state index contributed by atoms with van der Waals surface area (Å²) in [5, 5.41) is 0. The molecule has 1 atom stereocenters. The number of esters is 1. The first-order chi connectivity index (χ1) is 8.02. The molecule has 0 N–H and O–H groups in total. The average Bonchev–Trinajstić information content (AvgIpc) is 2.29. The van der Waals surface area contributed by atoms with Crippen molar-refractivity contribution in [3.63, 3.8) is 0 Å². The lowest BCUT2D eigenvalue weighted by molar-refractivity contribution is -0.140. The van der Waals surface area contributed by atoms with Crippen molar-refractivity contribution in [1.82, 2.24) is 4.90 Å². The number of carbonyl (C=O) groups is 2. The quantitative estimate of drug-likeness (QED) is 0.556. The van der Waals surface area contributed by atoms with E-state index in [1.807, 2.05) is 4.90 Å². The summed E-state index contributed by atoms with van der Waals surface area (Å²) in [6.45, 7) is 7.94. The molecule has 0 bridgehead atoms. The third-order valence-electron chi connectivity index (χ3n) is 3.06. The number of hydrogen-bond acceptors (Lipinski definition) is 3. The van der Waals surface area contributed by atoms with Crippen LogP contribution in [0.5, 0.6) is 0 Å². The second kappa shape index (κ2) is 6.42. The van der Waals surface area contributed by atoms with Crippen molar-refractivity contribution in [2.75, 3.05) is 13.2 Å². The first kappa shape index (κ1) is 13.7. The molecule has 1 saturated heterocycles. The highest BCUT2D eigenvalue weighted by Crippen LogP contribution is 2.19. The molecule has 0 aromatic rings. The second-order valence-electron chi connectivity index (χ2n) is 4.57. The predicted molar refractivity (Wildman–Crippen MR) is 65.4 cm³/mol. The number of hydrogen-bond donors (Lipinski definition) is 0. The van der Waals surface area contributed by atoms with Crippen LogP contribution in [0.3, 0.4) is 0 Å². The van der Waals surface area contributed by atoms with Gasteiger partial charge in [0.2, 0.25) is 5.91 Å². The van der Waals surface area contributed by atoms with Gasteiger partial charge in [-0.2, -0.15) is 0 Å². The molecule has 0 saturated carbocycles. The Morgan fingerprint density at radius 1 is 1.35 bits per heavy atom. The Hall–Kier alpha value is -1.32. The van der Waals surface area contributed by atoms with Gasteiger partial charge in [-0.05, 0) is 26.2 Å². The van der Waals surface area contributed by atoms with E-state index < -0.39 is 0 Å². The maximum atomic E-state index is 11.4. The summed E-state index contributed by atoms with van der Waals surface area (Å²) in [5.41, 5.74) is 0.414. The van der Waals surface area contributed by atoms with E-state index in [2.05, 4.69) is 6.58 Å². The predicted octanol–water partition coefficient (Wildman–Crippen LogP) is 1.90. The van der Waals surface area contributed by atoms with E-state index in [1.54, 1.807) is 13.8 Å². The average molecular weight is 239 g/mol. The fraction of sp³-hybridized carbons (Fsp3) is 0.692. The van der Waals surface area contributed by atoms with E-state index in [0.29, 0.717) is 12.2 Å². The third kappa shape index (κ3) is 4.21. The smallest absolute Gasteiger partial charge is 0.333 e. The number of carbonyl (C=O) groups excluding carboxylic acids is 2. The zero-order chi connectivity index (χ0) is 12.8. The molecule has 4 nitrogen and oxygen atoms in total. The van der Waals surface area contributed by atoms with Gasteiger partial charge in [0.15, 0.2) is 0 Å². The van der Waals surface area contributed by atoms with Gasteiger partial charge >= 0.3 is 5.97 Å². The summed E-state index contributed by atoms with van der Waals surface area (Å²) < 4.78 is 5.06. The molecule has 0 aromatic carbocycles. The van der Waals surface area contributed by atoms with E-state index >= 15 is 0 Å². The number of ether oxygens (including phenoxy) is 1. The number of nitrogens with zero attached hydrogens (tertiary/aromatic N) is 1. The van der Waals surface area contributed by atoms with Gasteiger partial charge in [-0.15, -0.1) is 0 Å². The summed E-state index contributed by atoms with van der Waals surface area (Å²) in [6.07, 6.45) is 3.94. The van der Waals surface area contributed by atoms with Crippen LogP contribution in [0.4, 0.5) is 0 Å². The normalized spacial score (nSPS) is 19.9. The lowest BCUT2D eigenvalue weighted by Crippen LogP contribution is -2.43. The van der Waals surface area contributed by atoms with Crippen LogP contribution in [0.2, 0.25) is 0 Å². The Bertz CT molecular complexity index is 312. The van der Waals surface area contributed by atoms with Crippen molar-refractivity contribution in [1.29, 1.82) is 0 Å². The lowest BCUT2D eigenvalue weighted by Gasteiger charge is -2.35. The van der Waals surface area contributed by atoms with Crippen molar-refractivity contribution in [3.05, 3.63) is 12.2 Å². The van der Waals surface area contributed by atoms with Crippen LogP contribution in [0.25, 0.3) is 0 Å². The molecule has 0 radical (unpaired) electrons. The number of likely N-dealkylation sites (tertiary alicyclic amines) is 1. The van der Waals surface area contributed by atoms with Crippen molar-refractivity contribution in [2.24, 2.45) is 0 Å². The molecular formula is C13H21NO3. The van der Waals surface area contributed by atoms with E-state index in [-0.39, 0.29) is 17.9 Å². The molecule has 1 unspecified atom stereocenters. The molecule has 1 aliphatic rings. The van der Waals surface area contributed by atoms with Gasteiger partial charge in [0.1, 0.15) is 0 Å². The van der Waals surface area contributed by atoms with Crippen molar-refractivity contribution >= 4 is 11.9 Å². The van der Waals surface area contributed by atoms with E-state index in [9.17, 15) is 9.59 Å². The van der Waals surface area contributed by atoms with Crippen LogP contribution in [0.1, 0.15) is 39.5 Å². The maximum absolute atomic E-state index is 11.4. The molecule has 0 spiro atoms. The molecule has 1 aliphatic heterocycles. The highest BCUT2D eigenvalue weighted by atomic mass is 16.5. The van der Waals surface area contributed by atoms with Crippen LogP contribution in [-0.4, -0.2) is 36.0 Å². The maximum Gasteiger partial charge on any atom is 0.333 e. The van der Waals surface area contributed by atoms with Crippen LogP contribution >= 0.6 is 0 Å². The molecule has 17 heavy (non-hydrogen) atoms.